The lowest BCUT2D eigenvalue weighted by molar-refractivity contribution is 0.865. The summed E-state index contributed by atoms with van der Waals surface area (Å²) in [5.74, 6) is 0.519. The van der Waals surface area contributed by atoms with Gasteiger partial charge < -0.3 is 0 Å². The number of fused-ring (bicyclic) bond motifs is 1. The van der Waals surface area contributed by atoms with Gasteiger partial charge in [0.15, 0.2) is 10.8 Å². The Morgan fingerprint density at radius 2 is 1.79 bits per heavy atom. The highest BCUT2D eigenvalue weighted by molar-refractivity contribution is 6.33. The minimum absolute atomic E-state index is 0.377. The van der Waals surface area contributed by atoms with Crippen molar-refractivity contribution in [1.82, 2.24) is 19.5 Å². The van der Waals surface area contributed by atoms with E-state index in [2.05, 4.69) is 53.1 Å². The first kappa shape index (κ1) is 12.1. The zero-order valence-electron chi connectivity index (χ0n) is 10.7. The van der Waals surface area contributed by atoms with Crippen LogP contribution in [-0.2, 0) is 0 Å². The molecule has 0 saturated heterocycles. The summed E-state index contributed by atoms with van der Waals surface area (Å²) in [5.41, 5.74) is 3.66. The number of halogens is 1. The van der Waals surface area contributed by atoms with Gasteiger partial charge in [0.05, 0.1) is 0 Å². The first-order valence-corrected chi connectivity index (χ1v) is 6.48. The quantitative estimate of drug-likeness (QED) is 0.670. The maximum absolute atomic E-state index is 6.00. The van der Waals surface area contributed by atoms with Crippen LogP contribution in [0.2, 0.25) is 5.15 Å². The van der Waals surface area contributed by atoms with E-state index in [1.54, 1.807) is 6.33 Å². The molecule has 2 heterocycles. The van der Waals surface area contributed by atoms with E-state index in [-0.39, 0.29) is 0 Å². The summed E-state index contributed by atoms with van der Waals surface area (Å²) in [5, 5.41) is 0.377. The first-order chi connectivity index (χ1) is 9.16. The molecule has 96 valence electrons. The lowest BCUT2D eigenvalue weighted by Crippen LogP contribution is -1.95. The molecule has 0 N–H and O–H groups in total. The van der Waals surface area contributed by atoms with Crippen LogP contribution in [-0.4, -0.2) is 19.5 Å². The number of rotatable bonds is 2. The van der Waals surface area contributed by atoms with Crippen LogP contribution in [0.5, 0.6) is 0 Å². The Labute approximate surface area is 116 Å². The van der Waals surface area contributed by atoms with Crippen molar-refractivity contribution < 1.29 is 0 Å². The minimum atomic E-state index is 0.377. The van der Waals surface area contributed by atoms with E-state index in [0.717, 1.165) is 11.3 Å². The van der Waals surface area contributed by atoms with E-state index in [1.807, 2.05) is 4.57 Å². The number of aromatic nitrogens is 4. The number of imidazole rings is 1. The van der Waals surface area contributed by atoms with Crippen LogP contribution >= 0.6 is 11.6 Å². The van der Waals surface area contributed by atoms with Gasteiger partial charge in [-0.1, -0.05) is 37.6 Å². The van der Waals surface area contributed by atoms with E-state index in [9.17, 15) is 0 Å². The van der Waals surface area contributed by atoms with Crippen LogP contribution in [0.25, 0.3) is 16.9 Å². The average Bonchev–Trinajstić information content (AvgIpc) is 2.84. The molecule has 0 amide bonds. The van der Waals surface area contributed by atoms with Crippen molar-refractivity contribution in [1.29, 1.82) is 0 Å². The Morgan fingerprint density at radius 3 is 2.47 bits per heavy atom. The fraction of sp³-hybridized carbons (Fsp3) is 0.214. The molecule has 19 heavy (non-hydrogen) atoms. The molecule has 0 atom stereocenters. The van der Waals surface area contributed by atoms with Crippen LogP contribution < -0.4 is 0 Å². The number of nitrogens with zero attached hydrogens (tertiary/aromatic N) is 4. The SMILES string of the molecule is CC(C)c1ccc(-n2cnc3c(Cl)ncnc32)cc1. The third kappa shape index (κ3) is 2.08. The molecule has 3 aromatic rings. The van der Waals surface area contributed by atoms with Gasteiger partial charge in [0.2, 0.25) is 0 Å². The third-order valence-electron chi connectivity index (χ3n) is 3.13. The van der Waals surface area contributed by atoms with E-state index in [1.165, 1.54) is 11.9 Å². The molecule has 0 fully saturated rings. The van der Waals surface area contributed by atoms with E-state index in [4.69, 9.17) is 11.6 Å². The van der Waals surface area contributed by atoms with Crippen molar-refractivity contribution in [3.05, 3.63) is 47.6 Å². The van der Waals surface area contributed by atoms with Gasteiger partial charge in [-0.15, -0.1) is 0 Å². The van der Waals surface area contributed by atoms with Crippen LogP contribution in [0, 0.1) is 0 Å². The summed E-state index contributed by atoms with van der Waals surface area (Å²) in [6, 6.07) is 8.36. The molecule has 0 bridgehead atoms. The van der Waals surface area contributed by atoms with E-state index in [0.29, 0.717) is 16.6 Å². The second-order valence-corrected chi connectivity index (χ2v) is 5.06. The Morgan fingerprint density at radius 1 is 1.05 bits per heavy atom. The van der Waals surface area contributed by atoms with Crippen molar-refractivity contribution >= 4 is 22.8 Å². The summed E-state index contributed by atoms with van der Waals surface area (Å²) in [7, 11) is 0. The molecular formula is C14H13ClN4. The second kappa shape index (κ2) is 4.63. The maximum atomic E-state index is 6.00. The molecule has 0 saturated carbocycles. The maximum Gasteiger partial charge on any atom is 0.169 e. The van der Waals surface area contributed by atoms with Crippen molar-refractivity contribution in [2.24, 2.45) is 0 Å². The first-order valence-electron chi connectivity index (χ1n) is 6.10. The third-order valence-corrected chi connectivity index (χ3v) is 3.40. The minimum Gasteiger partial charge on any atom is -0.283 e. The van der Waals surface area contributed by atoms with Crippen molar-refractivity contribution in [2.75, 3.05) is 0 Å². The zero-order valence-corrected chi connectivity index (χ0v) is 11.5. The van der Waals surface area contributed by atoms with Crippen LogP contribution in [0.4, 0.5) is 0 Å². The van der Waals surface area contributed by atoms with Crippen molar-refractivity contribution in [2.45, 2.75) is 19.8 Å². The Bertz CT molecular complexity index is 716. The van der Waals surface area contributed by atoms with Gasteiger partial charge in [0, 0.05) is 5.69 Å². The summed E-state index contributed by atoms with van der Waals surface area (Å²) >= 11 is 6.00. The van der Waals surface area contributed by atoms with E-state index < -0.39 is 0 Å². The highest BCUT2D eigenvalue weighted by atomic mass is 35.5. The van der Waals surface area contributed by atoms with Gasteiger partial charge in [0.1, 0.15) is 18.2 Å². The predicted molar refractivity (Wildman–Crippen MR) is 75.8 cm³/mol. The number of hydrogen-bond donors (Lipinski definition) is 0. The zero-order chi connectivity index (χ0) is 13.4. The van der Waals surface area contributed by atoms with Crippen LogP contribution in [0.15, 0.2) is 36.9 Å². The second-order valence-electron chi connectivity index (χ2n) is 4.70. The molecule has 0 aliphatic rings. The molecule has 0 spiro atoms. The molecule has 0 radical (unpaired) electrons. The van der Waals surface area contributed by atoms with Gasteiger partial charge in [0.25, 0.3) is 0 Å². The predicted octanol–water partition coefficient (Wildman–Crippen LogP) is 3.59. The van der Waals surface area contributed by atoms with Gasteiger partial charge in [-0.05, 0) is 23.6 Å². The normalized spacial score (nSPS) is 11.4. The standard InChI is InChI=1S/C14H13ClN4/c1-9(2)10-3-5-11(6-4-10)19-8-18-12-13(15)16-7-17-14(12)19/h3-9H,1-2H3. The van der Waals surface area contributed by atoms with E-state index >= 15 is 0 Å². The molecule has 2 aromatic heterocycles. The Balaban J connectivity index is 2.11. The van der Waals surface area contributed by atoms with Gasteiger partial charge in [-0.25, -0.2) is 15.0 Å². The molecule has 0 aliphatic heterocycles. The summed E-state index contributed by atoms with van der Waals surface area (Å²) < 4.78 is 1.91. The fourth-order valence-electron chi connectivity index (χ4n) is 2.02. The summed E-state index contributed by atoms with van der Waals surface area (Å²) in [6.07, 6.45) is 3.17. The molecule has 4 nitrogen and oxygen atoms in total. The molecule has 0 aliphatic carbocycles. The number of benzene rings is 1. The lowest BCUT2D eigenvalue weighted by atomic mass is 10.0. The molecule has 0 unspecified atom stereocenters. The topological polar surface area (TPSA) is 43.6 Å². The van der Waals surface area contributed by atoms with Crippen molar-refractivity contribution in [3.63, 3.8) is 0 Å². The monoisotopic (exact) mass is 272 g/mol. The van der Waals surface area contributed by atoms with Crippen LogP contribution in [0.1, 0.15) is 25.3 Å². The average molecular weight is 273 g/mol. The van der Waals surface area contributed by atoms with Gasteiger partial charge >= 0.3 is 0 Å². The molecule has 1 aromatic carbocycles. The Kier molecular flexibility index (Phi) is 2.95. The molecular weight excluding hydrogens is 260 g/mol. The lowest BCUT2D eigenvalue weighted by Gasteiger charge is -2.07. The highest BCUT2D eigenvalue weighted by Gasteiger charge is 2.09. The summed E-state index contributed by atoms with van der Waals surface area (Å²) in [6.45, 7) is 4.35. The summed E-state index contributed by atoms with van der Waals surface area (Å²) in [4.78, 5) is 12.4. The molecule has 3 rings (SSSR count). The smallest absolute Gasteiger partial charge is 0.169 e. The van der Waals surface area contributed by atoms with Crippen molar-refractivity contribution in [3.8, 4) is 5.69 Å². The highest BCUT2D eigenvalue weighted by Crippen LogP contribution is 2.22. The van der Waals surface area contributed by atoms with Crippen LogP contribution in [0.3, 0.4) is 0 Å². The van der Waals surface area contributed by atoms with Gasteiger partial charge in [-0.2, -0.15) is 0 Å². The molecule has 5 heteroatoms. The Hall–Kier alpha value is -1.94. The largest absolute Gasteiger partial charge is 0.283 e. The fourth-order valence-corrected chi connectivity index (χ4v) is 2.19. The van der Waals surface area contributed by atoms with Gasteiger partial charge in [-0.3, -0.25) is 4.57 Å². The number of hydrogen-bond acceptors (Lipinski definition) is 3.